The van der Waals surface area contributed by atoms with Gasteiger partial charge in [0.2, 0.25) is 0 Å². The number of aryl methyl sites for hydroxylation is 1. The predicted octanol–water partition coefficient (Wildman–Crippen LogP) is 5.09. The van der Waals surface area contributed by atoms with Gasteiger partial charge in [0.25, 0.3) is 0 Å². The molecule has 0 saturated heterocycles. The van der Waals surface area contributed by atoms with Crippen LogP contribution in [0.25, 0.3) is 0 Å². The van der Waals surface area contributed by atoms with Crippen LogP contribution in [0.5, 0.6) is 0 Å². The van der Waals surface area contributed by atoms with Crippen LogP contribution in [-0.4, -0.2) is 6.26 Å². The monoisotopic (exact) mass is 332 g/mol. The summed E-state index contributed by atoms with van der Waals surface area (Å²) in [6.45, 7) is 2.04. The van der Waals surface area contributed by atoms with Gasteiger partial charge in [-0.2, -0.15) is 5.26 Å². The molecule has 2 nitrogen and oxygen atoms in total. The highest BCUT2D eigenvalue weighted by molar-refractivity contribution is 9.10. The maximum atomic E-state index is 9.31. The van der Waals surface area contributed by atoms with Gasteiger partial charge in [0, 0.05) is 15.1 Å². The van der Waals surface area contributed by atoms with Crippen LogP contribution in [0.3, 0.4) is 0 Å². The van der Waals surface area contributed by atoms with Crippen molar-refractivity contribution < 1.29 is 0 Å². The van der Waals surface area contributed by atoms with E-state index in [1.807, 2.05) is 49.6 Å². The molecule has 4 heteroatoms. The molecule has 0 spiro atoms. The first kappa shape index (κ1) is 14.0. The van der Waals surface area contributed by atoms with Gasteiger partial charge in [-0.3, -0.25) is 0 Å². The lowest BCUT2D eigenvalue weighted by atomic mass is 10.1. The number of halogens is 1. The molecule has 0 aromatic heterocycles. The van der Waals surface area contributed by atoms with E-state index in [2.05, 4.69) is 27.3 Å². The lowest BCUT2D eigenvalue weighted by molar-refractivity contribution is 1.34. The molecular weight excluding hydrogens is 320 g/mol. The molecule has 0 aliphatic heterocycles. The Hall–Kier alpha value is -1.44. The fourth-order valence-electron chi connectivity index (χ4n) is 1.83. The highest BCUT2D eigenvalue weighted by Crippen LogP contribution is 2.30. The zero-order chi connectivity index (χ0) is 13.8. The summed E-state index contributed by atoms with van der Waals surface area (Å²) in [4.78, 5) is 0.988. The van der Waals surface area contributed by atoms with Crippen molar-refractivity contribution >= 4 is 39.1 Å². The molecule has 19 heavy (non-hydrogen) atoms. The van der Waals surface area contributed by atoms with Gasteiger partial charge in [0.05, 0.1) is 11.3 Å². The largest absolute Gasteiger partial charge is 0.354 e. The van der Waals surface area contributed by atoms with Crippen LogP contribution in [0.1, 0.15) is 11.1 Å². The standard InChI is InChI=1S/C15H13BrN2S/c1-10-8-11(16)6-7-13(10)18-14-4-3-5-15(19-2)12(14)9-17/h3-8,18H,1-2H3. The molecule has 0 aliphatic rings. The second kappa shape index (κ2) is 6.14. The number of hydrogen-bond donors (Lipinski definition) is 1. The number of nitrogens with one attached hydrogen (secondary N) is 1. The average molecular weight is 333 g/mol. The summed E-state index contributed by atoms with van der Waals surface area (Å²) >= 11 is 5.03. The molecule has 0 atom stereocenters. The van der Waals surface area contributed by atoms with Crippen molar-refractivity contribution in [3.8, 4) is 6.07 Å². The number of nitrogens with zero attached hydrogens (tertiary/aromatic N) is 1. The van der Waals surface area contributed by atoms with Crippen molar-refractivity contribution in [1.82, 2.24) is 0 Å². The van der Waals surface area contributed by atoms with E-state index in [1.165, 1.54) is 0 Å². The van der Waals surface area contributed by atoms with Crippen LogP contribution in [0, 0.1) is 18.3 Å². The molecule has 0 heterocycles. The van der Waals surface area contributed by atoms with E-state index in [9.17, 15) is 5.26 Å². The Morgan fingerprint density at radius 1 is 1.21 bits per heavy atom. The number of thioether (sulfide) groups is 1. The topological polar surface area (TPSA) is 35.8 Å². The molecule has 0 radical (unpaired) electrons. The minimum Gasteiger partial charge on any atom is -0.354 e. The van der Waals surface area contributed by atoms with Crippen LogP contribution in [0.15, 0.2) is 45.8 Å². The predicted molar refractivity (Wildman–Crippen MR) is 85.1 cm³/mol. The van der Waals surface area contributed by atoms with Gasteiger partial charge < -0.3 is 5.32 Å². The Morgan fingerprint density at radius 2 is 2.00 bits per heavy atom. The van der Waals surface area contributed by atoms with Crippen molar-refractivity contribution in [3.05, 3.63) is 52.0 Å². The van der Waals surface area contributed by atoms with Crippen LogP contribution < -0.4 is 5.32 Å². The van der Waals surface area contributed by atoms with Gasteiger partial charge in [-0.1, -0.05) is 22.0 Å². The summed E-state index contributed by atoms with van der Waals surface area (Å²) in [6, 6.07) is 14.2. The molecule has 2 aromatic carbocycles. The van der Waals surface area contributed by atoms with Gasteiger partial charge in [0.15, 0.2) is 0 Å². The molecule has 0 aliphatic carbocycles. The maximum absolute atomic E-state index is 9.31. The first-order valence-electron chi connectivity index (χ1n) is 5.76. The first-order chi connectivity index (χ1) is 9.15. The lowest BCUT2D eigenvalue weighted by Gasteiger charge is -2.12. The summed E-state index contributed by atoms with van der Waals surface area (Å²) in [6.07, 6.45) is 1.98. The van der Waals surface area contributed by atoms with Gasteiger partial charge in [0.1, 0.15) is 6.07 Å². The molecule has 1 N–H and O–H groups in total. The smallest absolute Gasteiger partial charge is 0.103 e. The van der Waals surface area contributed by atoms with E-state index in [0.29, 0.717) is 5.56 Å². The third-order valence-electron chi connectivity index (χ3n) is 2.82. The summed E-state index contributed by atoms with van der Waals surface area (Å²) in [5.41, 5.74) is 3.68. The Bertz CT molecular complexity index is 647. The fraction of sp³-hybridized carbons (Fsp3) is 0.133. The van der Waals surface area contributed by atoms with Crippen molar-refractivity contribution in [2.24, 2.45) is 0 Å². The van der Waals surface area contributed by atoms with E-state index >= 15 is 0 Å². The van der Waals surface area contributed by atoms with Gasteiger partial charge in [-0.15, -0.1) is 11.8 Å². The van der Waals surface area contributed by atoms with Crippen LogP contribution in [0.4, 0.5) is 11.4 Å². The number of benzene rings is 2. The second-order valence-corrected chi connectivity index (χ2v) is 5.84. The number of nitriles is 1. The molecular formula is C15H13BrN2S. The third kappa shape index (κ3) is 3.12. The van der Waals surface area contributed by atoms with E-state index < -0.39 is 0 Å². The number of hydrogen-bond acceptors (Lipinski definition) is 3. The summed E-state index contributed by atoms with van der Waals surface area (Å²) in [7, 11) is 0. The minimum absolute atomic E-state index is 0.692. The van der Waals surface area contributed by atoms with Gasteiger partial charge in [-0.05, 0) is 49.1 Å². The normalized spacial score (nSPS) is 10.0. The Labute approximate surface area is 126 Å². The van der Waals surface area contributed by atoms with Crippen molar-refractivity contribution in [2.75, 3.05) is 11.6 Å². The molecule has 0 fully saturated rings. The van der Waals surface area contributed by atoms with Crippen LogP contribution >= 0.6 is 27.7 Å². The van der Waals surface area contributed by atoms with Gasteiger partial charge in [-0.25, -0.2) is 0 Å². The molecule has 0 unspecified atom stereocenters. The Morgan fingerprint density at radius 3 is 2.63 bits per heavy atom. The molecule has 0 saturated carbocycles. The summed E-state index contributed by atoms with van der Waals surface area (Å²) in [5.74, 6) is 0. The summed E-state index contributed by atoms with van der Waals surface area (Å²) < 4.78 is 1.05. The van der Waals surface area contributed by atoms with Gasteiger partial charge >= 0.3 is 0 Å². The molecule has 0 bridgehead atoms. The van der Waals surface area contributed by atoms with Crippen molar-refractivity contribution in [2.45, 2.75) is 11.8 Å². The third-order valence-corrected chi connectivity index (χ3v) is 4.09. The summed E-state index contributed by atoms with van der Waals surface area (Å²) in [5, 5.41) is 12.6. The zero-order valence-corrected chi connectivity index (χ0v) is 13.1. The maximum Gasteiger partial charge on any atom is 0.103 e. The van der Waals surface area contributed by atoms with Crippen LogP contribution in [0.2, 0.25) is 0 Å². The Balaban J connectivity index is 2.41. The highest BCUT2D eigenvalue weighted by atomic mass is 79.9. The lowest BCUT2D eigenvalue weighted by Crippen LogP contribution is -1.97. The highest BCUT2D eigenvalue weighted by Gasteiger charge is 2.08. The van der Waals surface area contributed by atoms with Crippen molar-refractivity contribution in [3.63, 3.8) is 0 Å². The average Bonchev–Trinajstić information content (AvgIpc) is 2.41. The minimum atomic E-state index is 0.692. The van der Waals surface area contributed by atoms with Crippen LogP contribution in [-0.2, 0) is 0 Å². The van der Waals surface area contributed by atoms with E-state index in [0.717, 1.165) is 26.3 Å². The fourth-order valence-corrected chi connectivity index (χ4v) is 2.88. The van der Waals surface area contributed by atoms with E-state index in [4.69, 9.17) is 0 Å². The number of anilines is 2. The van der Waals surface area contributed by atoms with E-state index in [1.54, 1.807) is 11.8 Å². The second-order valence-electron chi connectivity index (χ2n) is 4.08. The van der Waals surface area contributed by atoms with Crippen molar-refractivity contribution in [1.29, 1.82) is 5.26 Å². The molecule has 2 rings (SSSR count). The zero-order valence-electron chi connectivity index (χ0n) is 10.7. The Kier molecular flexibility index (Phi) is 4.52. The quantitative estimate of drug-likeness (QED) is 0.794. The van der Waals surface area contributed by atoms with E-state index in [-0.39, 0.29) is 0 Å². The molecule has 2 aromatic rings. The first-order valence-corrected chi connectivity index (χ1v) is 7.77. The molecule has 96 valence electrons. The number of rotatable bonds is 3. The molecule has 0 amide bonds. The SMILES string of the molecule is CSc1cccc(Nc2ccc(Br)cc2C)c1C#N.